The molecule has 0 unspecified atom stereocenters. The van der Waals surface area contributed by atoms with Crippen LogP contribution in [-0.2, 0) is 24.3 Å². The molecule has 3 heterocycles. The molecule has 1 N–H and O–H groups in total. The van der Waals surface area contributed by atoms with Crippen LogP contribution in [0.1, 0.15) is 30.1 Å². The van der Waals surface area contributed by atoms with Gasteiger partial charge in [-0.3, -0.25) is 19.4 Å². The standard InChI is InChI=1S/C22H23N3O8S/c1-14(26)17-9-19-20(33-13-32-19)10-18(17)24-21(27)12-31-22(28)15-4-7-25(8-5-15)34(29,30)16-3-2-6-23-11-16/h2-3,6,9-11,15H,4-5,7-8,12-13H2,1H3,(H,24,27). The molecule has 11 nitrogen and oxygen atoms in total. The SMILES string of the molecule is CC(=O)c1cc2c(cc1NC(=O)COC(=O)C1CCN(S(=O)(=O)c3cccnc3)CC1)OCO2. The van der Waals surface area contributed by atoms with E-state index in [-0.39, 0.29) is 54.7 Å². The monoisotopic (exact) mass is 489 g/mol. The van der Waals surface area contributed by atoms with E-state index in [1.54, 1.807) is 6.07 Å². The highest BCUT2D eigenvalue weighted by Crippen LogP contribution is 2.37. The highest BCUT2D eigenvalue weighted by Gasteiger charge is 2.33. The number of carbonyl (C=O) groups is 3. The fourth-order valence-electron chi connectivity index (χ4n) is 3.76. The van der Waals surface area contributed by atoms with Crippen LogP contribution >= 0.6 is 0 Å². The third-order valence-corrected chi connectivity index (χ3v) is 7.45. The molecule has 2 aromatic rings. The first kappa shape index (κ1) is 23.6. The number of sulfonamides is 1. The molecular formula is C22H23N3O8S. The zero-order valence-electron chi connectivity index (χ0n) is 18.4. The number of Topliss-reactive ketones (excluding diaryl/α,β-unsaturated/α-hetero) is 1. The van der Waals surface area contributed by atoms with Gasteiger partial charge >= 0.3 is 5.97 Å². The number of ketones is 1. The summed E-state index contributed by atoms with van der Waals surface area (Å²) in [6.07, 6.45) is 3.32. The molecule has 0 aliphatic carbocycles. The average molecular weight is 490 g/mol. The summed E-state index contributed by atoms with van der Waals surface area (Å²) in [7, 11) is -3.68. The van der Waals surface area contributed by atoms with Gasteiger partial charge in [-0.2, -0.15) is 4.31 Å². The smallest absolute Gasteiger partial charge is 0.309 e. The van der Waals surface area contributed by atoms with Crippen molar-refractivity contribution in [2.24, 2.45) is 5.92 Å². The van der Waals surface area contributed by atoms with Crippen molar-refractivity contribution in [1.82, 2.24) is 9.29 Å². The summed E-state index contributed by atoms with van der Waals surface area (Å²) in [4.78, 5) is 40.7. The number of fused-ring (bicyclic) bond motifs is 1. The Morgan fingerprint density at radius 1 is 1.18 bits per heavy atom. The lowest BCUT2D eigenvalue weighted by molar-refractivity contribution is -0.152. The summed E-state index contributed by atoms with van der Waals surface area (Å²) < 4.78 is 42.3. The molecule has 180 valence electrons. The number of amides is 1. The second-order valence-corrected chi connectivity index (χ2v) is 9.77. The van der Waals surface area contributed by atoms with Crippen LogP contribution in [0.5, 0.6) is 11.5 Å². The van der Waals surface area contributed by atoms with E-state index in [1.807, 2.05) is 0 Å². The van der Waals surface area contributed by atoms with Crippen LogP contribution in [0.3, 0.4) is 0 Å². The van der Waals surface area contributed by atoms with Gasteiger partial charge in [0.15, 0.2) is 23.9 Å². The lowest BCUT2D eigenvalue weighted by Gasteiger charge is -2.29. The number of anilines is 1. The van der Waals surface area contributed by atoms with Gasteiger partial charge < -0.3 is 19.5 Å². The molecule has 0 spiro atoms. The first-order valence-electron chi connectivity index (χ1n) is 10.6. The molecule has 2 aliphatic rings. The number of rotatable bonds is 7. The molecule has 1 aromatic carbocycles. The Hall–Kier alpha value is -3.51. The van der Waals surface area contributed by atoms with E-state index in [0.717, 1.165) is 0 Å². The predicted molar refractivity (Wildman–Crippen MR) is 118 cm³/mol. The highest BCUT2D eigenvalue weighted by molar-refractivity contribution is 7.89. The van der Waals surface area contributed by atoms with Gasteiger partial charge in [-0.25, -0.2) is 8.42 Å². The van der Waals surface area contributed by atoms with Gasteiger partial charge in [-0.05, 0) is 38.0 Å². The maximum Gasteiger partial charge on any atom is 0.309 e. The van der Waals surface area contributed by atoms with Crippen LogP contribution in [0.25, 0.3) is 0 Å². The molecule has 0 saturated carbocycles. The molecule has 2 aliphatic heterocycles. The lowest BCUT2D eigenvalue weighted by atomic mass is 9.98. The largest absolute Gasteiger partial charge is 0.455 e. The van der Waals surface area contributed by atoms with Crippen molar-refractivity contribution in [3.63, 3.8) is 0 Å². The van der Waals surface area contributed by atoms with Crippen LogP contribution in [0.2, 0.25) is 0 Å². The Morgan fingerprint density at radius 3 is 2.53 bits per heavy atom. The summed E-state index contributed by atoms with van der Waals surface area (Å²) in [5.41, 5.74) is 0.470. The Morgan fingerprint density at radius 2 is 1.88 bits per heavy atom. The van der Waals surface area contributed by atoms with Crippen molar-refractivity contribution in [3.05, 3.63) is 42.2 Å². The van der Waals surface area contributed by atoms with Crippen LogP contribution in [-0.4, -0.2) is 61.9 Å². The van der Waals surface area contributed by atoms with Gasteiger partial charge in [-0.15, -0.1) is 0 Å². The third-order valence-electron chi connectivity index (χ3n) is 5.57. The zero-order chi connectivity index (χ0) is 24.3. The minimum atomic E-state index is -3.68. The third kappa shape index (κ3) is 5.02. The van der Waals surface area contributed by atoms with Gasteiger partial charge in [0, 0.05) is 37.1 Å². The van der Waals surface area contributed by atoms with E-state index in [2.05, 4.69) is 10.3 Å². The fourth-order valence-corrected chi connectivity index (χ4v) is 5.19. The van der Waals surface area contributed by atoms with Crippen molar-refractivity contribution >= 4 is 33.4 Å². The number of nitrogens with one attached hydrogen (secondary N) is 1. The predicted octanol–water partition coefficient (Wildman–Crippen LogP) is 1.60. The summed E-state index contributed by atoms with van der Waals surface area (Å²) in [6.45, 7) is 1.14. The molecule has 34 heavy (non-hydrogen) atoms. The van der Waals surface area contributed by atoms with Crippen molar-refractivity contribution in [2.75, 3.05) is 31.8 Å². The molecule has 1 amide bonds. The van der Waals surface area contributed by atoms with Crippen molar-refractivity contribution < 1.29 is 37.0 Å². The molecule has 4 rings (SSSR count). The number of hydrogen-bond acceptors (Lipinski definition) is 9. The van der Waals surface area contributed by atoms with Gasteiger partial charge in [0.1, 0.15) is 4.90 Å². The Kier molecular flexibility index (Phi) is 6.80. The van der Waals surface area contributed by atoms with Gasteiger partial charge in [0.05, 0.1) is 11.6 Å². The van der Waals surface area contributed by atoms with E-state index in [0.29, 0.717) is 11.5 Å². The van der Waals surface area contributed by atoms with Gasteiger partial charge in [0.25, 0.3) is 5.91 Å². The van der Waals surface area contributed by atoms with E-state index < -0.39 is 34.4 Å². The Bertz CT molecular complexity index is 1210. The summed E-state index contributed by atoms with van der Waals surface area (Å²) in [6, 6.07) is 5.99. The number of benzene rings is 1. The number of aromatic nitrogens is 1. The van der Waals surface area contributed by atoms with Gasteiger partial charge in [0.2, 0.25) is 16.8 Å². The van der Waals surface area contributed by atoms with Crippen LogP contribution in [0, 0.1) is 5.92 Å². The molecule has 1 fully saturated rings. The molecule has 0 atom stereocenters. The van der Waals surface area contributed by atoms with Crippen LogP contribution < -0.4 is 14.8 Å². The lowest BCUT2D eigenvalue weighted by Crippen LogP contribution is -2.41. The Balaban J connectivity index is 1.30. The topological polar surface area (TPSA) is 141 Å². The second kappa shape index (κ2) is 9.77. The number of nitrogens with zero attached hydrogens (tertiary/aromatic N) is 2. The molecular weight excluding hydrogens is 466 g/mol. The van der Waals surface area contributed by atoms with E-state index >= 15 is 0 Å². The van der Waals surface area contributed by atoms with Crippen molar-refractivity contribution in [1.29, 1.82) is 0 Å². The summed E-state index contributed by atoms with van der Waals surface area (Å²) in [5, 5.41) is 2.56. The minimum Gasteiger partial charge on any atom is -0.455 e. The minimum absolute atomic E-state index is 0.0179. The highest BCUT2D eigenvalue weighted by atomic mass is 32.2. The quantitative estimate of drug-likeness (QED) is 0.453. The van der Waals surface area contributed by atoms with Crippen molar-refractivity contribution in [3.8, 4) is 11.5 Å². The first-order valence-corrected chi connectivity index (χ1v) is 12.0. The summed E-state index contributed by atoms with van der Waals surface area (Å²) >= 11 is 0. The number of hydrogen-bond donors (Lipinski definition) is 1. The van der Waals surface area contributed by atoms with E-state index in [9.17, 15) is 22.8 Å². The molecule has 1 aromatic heterocycles. The maximum absolute atomic E-state index is 12.7. The number of carbonyl (C=O) groups excluding carboxylic acids is 3. The summed E-state index contributed by atoms with van der Waals surface area (Å²) in [5.74, 6) is -1.20. The number of pyridine rings is 1. The molecule has 1 saturated heterocycles. The number of esters is 1. The Labute approximate surface area is 196 Å². The maximum atomic E-state index is 12.7. The van der Waals surface area contributed by atoms with E-state index in [1.165, 1.54) is 41.8 Å². The van der Waals surface area contributed by atoms with Crippen molar-refractivity contribution in [2.45, 2.75) is 24.7 Å². The van der Waals surface area contributed by atoms with Gasteiger partial charge in [-0.1, -0.05) is 0 Å². The average Bonchev–Trinajstić information content (AvgIpc) is 3.30. The molecule has 0 radical (unpaired) electrons. The van der Waals surface area contributed by atoms with E-state index in [4.69, 9.17) is 14.2 Å². The first-order chi connectivity index (χ1) is 16.3. The second-order valence-electron chi connectivity index (χ2n) is 7.83. The van der Waals surface area contributed by atoms with Crippen LogP contribution in [0.4, 0.5) is 5.69 Å². The number of piperidine rings is 1. The zero-order valence-corrected chi connectivity index (χ0v) is 19.2. The molecule has 0 bridgehead atoms. The molecule has 12 heteroatoms. The van der Waals surface area contributed by atoms with Crippen LogP contribution in [0.15, 0.2) is 41.6 Å². The fraction of sp³-hybridized carbons (Fsp3) is 0.364. The normalized spacial score (nSPS) is 16.1. The number of ether oxygens (including phenoxy) is 3.